The van der Waals surface area contributed by atoms with Gasteiger partial charge in [-0.05, 0) is 56.0 Å². The number of nitrogens with one attached hydrogen (secondary N) is 3. The number of aryl methyl sites for hydroxylation is 3. The molecule has 0 fully saturated rings. The molecule has 0 aliphatic carbocycles. The first-order chi connectivity index (χ1) is 15.7. The fourth-order valence-electron chi connectivity index (χ4n) is 3.02. The molecule has 0 bridgehead atoms. The lowest BCUT2D eigenvalue weighted by Crippen LogP contribution is -2.36. The van der Waals surface area contributed by atoms with Gasteiger partial charge in [0.15, 0.2) is 0 Å². The first-order valence-corrected chi connectivity index (χ1v) is 12.0. The lowest BCUT2D eigenvalue weighted by molar-refractivity contribution is 0.240. The van der Waals surface area contributed by atoms with Crippen molar-refractivity contribution in [2.24, 2.45) is 0 Å². The van der Waals surface area contributed by atoms with Gasteiger partial charge in [0.2, 0.25) is 5.95 Å². The van der Waals surface area contributed by atoms with Crippen LogP contribution in [0.1, 0.15) is 35.3 Å². The van der Waals surface area contributed by atoms with Gasteiger partial charge in [0, 0.05) is 30.3 Å². The third kappa shape index (κ3) is 7.21. The van der Waals surface area contributed by atoms with E-state index in [4.69, 9.17) is 0 Å². The van der Waals surface area contributed by atoms with Crippen molar-refractivity contribution in [1.82, 2.24) is 30.6 Å². The summed E-state index contributed by atoms with van der Waals surface area (Å²) in [5, 5.41) is 5.49. The van der Waals surface area contributed by atoms with Crippen molar-refractivity contribution in [2.45, 2.75) is 45.1 Å². The van der Waals surface area contributed by atoms with Gasteiger partial charge < -0.3 is 10.6 Å². The fraction of sp³-hybridized carbons (Fsp3) is 0.318. The molecule has 0 aliphatic heterocycles. The molecule has 0 atom stereocenters. The molecule has 0 spiro atoms. The van der Waals surface area contributed by atoms with Crippen LogP contribution in [0.2, 0.25) is 0 Å². The van der Waals surface area contributed by atoms with Gasteiger partial charge >= 0.3 is 6.03 Å². The van der Waals surface area contributed by atoms with E-state index in [0.29, 0.717) is 18.8 Å². The van der Waals surface area contributed by atoms with Crippen LogP contribution >= 0.6 is 0 Å². The van der Waals surface area contributed by atoms with Crippen molar-refractivity contribution >= 4 is 22.0 Å². The van der Waals surface area contributed by atoms with E-state index in [1.807, 2.05) is 26.8 Å². The summed E-state index contributed by atoms with van der Waals surface area (Å²) in [7, 11) is -3.79. The molecule has 1 aromatic carbocycles. The van der Waals surface area contributed by atoms with Gasteiger partial charge in [-0.3, -0.25) is 0 Å². The Morgan fingerprint density at radius 3 is 2.18 bits per heavy atom. The SMILES string of the molecule is CCc1cnc(NS(=O)(=O)c2ccc(CCNC(=O)NCc3nc(C)cc(C)n3)cc2)nc1. The van der Waals surface area contributed by atoms with Crippen molar-refractivity contribution in [3.63, 3.8) is 0 Å². The monoisotopic (exact) mass is 469 g/mol. The summed E-state index contributed by atoms with van der Waals surface area (Å²) in [5.74, 6) is 0.581. The Morgan fingerprint density at radius 1 is 0.939 bits per heavy atom. The maximum absolute atomic E-state index is 12.5. The summed E-state index contributed by atoms with van der Waals surface area (Å²) in [4.78, 5) is 28.7. The van der Waals surface area contributed by atoms with E-state index >= 15 is 0 Å². The minimum Gasteiger partial charge on any atom is -0.338 e. The number of rotatable bonds is 9. The number of benzene rings is 1. The largest absolute Gasteiger partial charge is 0.338 e. The number of hydrogen-bond acceptors (Lipinski definition) is 7. The van der Waals surface area contributed by atoms with Crippen LogP contribution in [-0.4, -0.2) is 40.9 Å². The van der Waals surface area contributed by atoms with E-state index in [1.165, 1.54) is 12.1 Å². The van der Waals surface area contributed by atoms with Gasteiger partial charge in [0.05, 0.1) is 11.4 Å². The molecule has 2 amide bonds. The number of amides is 2. The minimum absolute atomic E-state index is 0.0257. The summed E-state index contributed by atoms with van der Waals surface area (Å²) < 4.78 is 27.4. The normalized spacial score (nSPS) is 11.1. The lowest BCUT2D eigenvalue weighted by Gasteiger charge is -2.09. The van der Waals surface area contributed by atoms with Crippen LogP contribution in [-0.2, 0) is 29.4 Å². The Morgan fingerprint density at radius 2 is 1.58 bits per heavy atom. The maximum Gasteiger partial charge on any atom is 0.315 e. The first kappa shape index (κ1) is 24.1. The average Bonchev–Trinajstić information content (AvgIpc) is 2.78. The van der Waals surface area contributed by atoms with Gasteiger partial charge in [-0.1, -0.05) is 19.1 Å². The number of aromatic nitrogens is 4. The number of nitrogens with zero attached hydrogens (tertiary/aromatic N) is 4. The first-order valence-electron chi connectivity index (χ1n) is 10.5. The van der Waals surface area contributed by atoms with Gasteiger partial charge in [-0.2, -0.15) is 0 Å². The van der Waals surface area contributed by atoms with E-state index < -0.39 is 10.0 Å². The summed E-state index contributed by atoms with van der Waals surface area (Å²) in [6, 6.07) is 7.98. The summed E-state index contributed by atoms with van der Waals surface area (Å²) in [6.07, 6.45) is 4.49. The molecule has 0 saturated carbocycles. The molecule has 2 heterocycles. The topological polar surface area (TPSA) is 139 Å². The predicted molar refractivity (Wildman–Crippen MR) is 124 cm³/mol. The number of carbonyl (C=O) groups excluding carboxylic acids is 1. The van der Waals surface area contributed by atoms with E-state index in [0.717, 1.165) is 28.9 Å². The molecular weight excluding hydrogens is 442 g/mol. The molecule has 3 N–H and O–H groups in total. The van der Waals surface area contributed by atoms with Crippen LogP contribution in [0.3, 0.4) is 0 Å². The number of anilines is 1. The standard InChI is InChI=1S/C22H27N7O3S/c1-4-17-12-24-21(25-13-17)29-33(31,32)19-7-5-18(6-8-19)9-10-23-22(30)26-14-20-27-15(2)11-16(3)28-20/h5-8,11-13H,4,9-10,14H2,1-3H3,(H2,23,26,30)(H,24,25,29). The molecule has 2 aromatic heterocycles. The Kier molecular flexibility index (Phi) is 7.88. The van der Waals surface area contributed by atoms with Crippen LogP contribution in [0.5, 0.6) is 0 Å². The van der Waals surface area contributed by atoms with Crippen molar-refractivity contribution in [1.29, 1.82) is 0 Å². The molecule has 3 aromatic rings. The molecule has 0 radical (unpaired) electrons. The molecular formula is C22H27N7O3S. The van der Waals surface area contributed by atoms with Crippen LogP contribution in [0, 0.1) is 13.8 Å². The van der Waals surface area contributed by atoms with Crippen molar-refractivity contribution in [3.8, 4) is 0 Å². The van der Waals surface area contributed by atoms with Gasteiger partial charge in [-0.15, -0.1) is 0 Å². The van der Waals surface area contributed by atoms with Crippen LogP contribution in [0.4, 0.5) is 10.7 Å². The molecule has 174 valence electrons. The van der Waals surface area contributed by atoms with Crippen molar-refractivity contribution < 1.29 is 13.2 Å². The molecule has 0 unspecified atom stereocenters. The number of sulfonamides is 1. The number of hydrogen-bond donors (Lipinski definition) is 3. The molecule has 33 heavy (non-hydrogen) atoms. The van der Waals surface area contributed by atoms with Crippen LogP contribution < -0.4 is 15.4 Å². The van der Waals surface area contributed by atoms with Gasteiger partial charge in [0.25, 0.3) is 10.0 Å². The predicted octanol–water partition coefficient (Wildman–Crippen LogP) is 2.29. The second-order valence-corrected chi connectivity index (χ2v) is 9.13. The molecule has 0 aliphatic rings. The highest BCUT2D eigenvalue weighted by atomic mass is 32.2. The number of carbonyl (C=O) groups is 1. The van der Waals surface area contributed by atoms with Crippen LogP contribution in [0.15, 0.2) is 47.6 Å². The van der Waals surface area contributed by atoms with Gasteiger partial charge in [0.1, 0.15) is 5.82 Å². The van der Waals surface area contributed by atoms with Crippen molar-refractivity contribution in [2.75, 3.05) is 11.3 Å². The summed E-state index contributed by atoms with van der Waals surface area (Å²) in [5.41, 5.74) is 3.50. The molecule has 3 rings (SSSR count). The zero-order valence-corrected chi connectivity index (χ0v) is 19.6. The highest BCUT2D eigenvalue weighted by Crippen LogP contribution is 2.14. The van der Waals surface area contributed by atoms with Crippen LogP contribution in [0.25, 0.3) is 0 Å². The maximum atomic E-state index is 12.5. The zero-order valence-electron chi connectivity index (χ0n) is 18.8. The Labute approximate surface area is 193 Å². The highest BCUT2D eigenvalue weighted by Gasteiger charge is 2.15. The third-order valence-corrected chi connectivity index (χ3v) is 6.05. The average molecular weight is 470 g/mol. The zero-order chi connectivity index (χ0) is 23.8. The summed E-state index contributed by atoms with van der Waals surface area (Å²) >= 11 is 0. The van der Waals surface area contributed by atoms with Gasteiger partial charge in [-0.25, -0.2) is 37.9 Å². The second-order valence-electron chi connectivity index (χ2n) is 7.44. The molecule has 0 saturated heterocycles. The Balaban J connectivity index is 1.47. The van der Waals surface area contributed by atoms with E-state index in [2.05, 4.69) is 35.3 Å². The quantitative estimate of drug-likeness (QED) is 0.437. The van der Waals surface area contributed by atoms with E-state index in [9.17, 15) is 13.2 Å². The Hall–Kier alpha value is -3.60. The van der Waals surface area contributed by atoms with Crippen molar-refractivity contribution in [3.05, 3.63) is 71.1 Å². The second kappa shape index (κ2) is 10.8. The smallest absolute Gasteiger partial charge is 0.315 e. The third-order valence-electron chi connectivity index (χ3n) is 4.71. The summed E-state index contributed by atoms with van der Waals surface area (Å²) in [6.45, 7) is 6.35. The highest BCUT2D eigenvalue weighted by molar-refractivity contribution is 7.92. The minimum atomic E-state index is -3.79. The van der Waals surface area contributed by atoms with E-state index in [1.54, 1.807) is 24.5 Å². The number of urea groups is 1. The molecule has 11 heteroatoms. The lowest BCUT2D eigenvalue weighted by atomic mass is 10.1. The van der Waals surface area contributed by atoms with E-state index in [-0.39, 0.29) is 23.4 Å². The fourth-order valence-corrected chi connectivity index (χ4v) is 3.98. The molecule has 10 nitrogen and oxygen atoms in total. The Bertz CT molecular complexity index is 1180.